The number of nitrogen functional groups attached to an aromatic ring is 1. The number of benzene rings is 1. The third kappa shape index (κ3) is 3.25. The summed E-state index contributed by atoms with van der Waals surface area (Å²) in [6, 6.07) is 3.72. The Morgan fingerprint density at radius 2 is 2.00 bits per heavy atom. The van der Waals surface area contributed by atoms with Gasteiger partial charge in [0, 0.05) is 11.4 Å². The Morgan fingerprint density at radius 3 is 2.50 bits per heavy atom. The first kappa shape index (κ1) is 14.1. The summed E-state index contributed by atoms with van der Waals surface area (Å²) < 4.78 is 49.3. The van der Waals surface area contributed by atoms with Gasteiger partial charge < -0.3 is 16.8 Å². The number of carbonyl (C=O) groups excluding carboxylic acids is 1. The van der Waals surface area contributed by atoms with Crippen LogP contribution < -0.4 is 16.8 Å². The van der Waals surface area contributed by atoms with Crippen LogP contribution in [0.5, 0.6) is 0 Å². The molecule has 1 amide bonds. The van der Waals surface area contributed by atoms with Gasteiger partial charge in [0.05, 0.1) is 12.1 Å². The van der Waals surface area contributed by atoms with E-state index in [1.54, 1.807) is 0 Å². The molecular weight excluding hydrogens is 254 g/mol. The summed E-state index contributed by atoms with van der Waals surface area (Å²) in [7, 11) is 0. The topological polar surface area (TPSA) is 81.1 Å². The van der Waals surface area contributed by atoms with Crippen LogP contribution in [0.4, 0.5) is 28.9 Å². The van der Waals surface area contributed by atoms with Crippen molar-refractivity contribution < 1.29 is 22.4 Å². The third-order valence-corrected chi connectivity index (χ3v) is 2.14. The van der Waals surface area contributed by atoms with Crippen molar-refractivity contribution in [2.24, 2.45) is 5.73 Å². The molecule has 0 heterocycles. The lowest BCUT2D eigenvalue weighted by Crippen LogP contribution is -2.35. The first-order valence-electron chi connectivity index (χ1n) is 4.83. The summed E-state index contributed by atoms with van der Waals surface area (Å²) in [5.74, 6) is -5.10. The molecular formula is C10H11F4N3O. The highest BCUT2D eigenvalue weighted by Crippen LogP contribution is 2.25. The van der Waals surface area contributed by atoms with E-state index in [0.29, 0.717) is 0 Å². The van der Waals surface area contributed by atoms with Crippen molar-refractivity contribution in [3.05, 3.63) is 23.8 Å². The van der Waals surface area contributed by atoms with Gasteiger partial charge in [0.1, 0.15) is 0 Å². The fourth-order valence-electron chi connectivity index (χ4n) is 1.21. The number of rotatable bonds is 5. The van der Waals surface area contributed by atoms with Gasteiger partial charge in [0.15, 0.2) is 0 Å². The van der Waals surface area contributed by atoms with Crippen molar-refractivity contribution in [2.75, 3.05) is 17.6 Å². The third-order valence-electron chi connectivity index (χ3n) is 2.14. The minimum absolute atomic E-state index is 0.0722. The summed E-state index contributed by atoms with van der Waals surface area (Å²) in [5, 5.41) is 2.06. The Kier molecular flexibility index (Phi) is 4.00. The van der Waals surface area contributed by atoms with Crippen LogP contribution in [0.2, 0.25) is 0 Å². The number of nitrogens with one attached hydrogen (secondary N) is 1. The SMILES string of the molecule is NC(=O)c1cc(N)ccc1NCC(F)(F)C(F)F. The molecule has 0 aromatic heterocycles. The van der Waals surface area contributed by atoms with Crippen LogP contribution in [0.15, 0.2) is 18.2 Å². The Hall–Kier alpha value is -1.99. The van der Waals surface area contributed by atoms with Gasteiger partial charge in [-0.1, -0.05) is 0 Å². The van der Waals surface area contributed by atoms with Gasteiger partial charge in [-0.15, -0.1) is 0 Å². The number of nitrogens with two attached hydrogens (primary N) is 2. The summed E-state index contributed by atoms with van der Waals surface area (Å²) in [6.07, 6.45) is -3.80. The Morgan fingerprint density at radius 1 is 1.39 bits per heavy atom. The quantitative estimate of drug-likeness (QED) is 0.559. The number of amides is 1. The molecule has 100 valence electrons. The average Bonchev–Trinajstić information content (AvgIpc) is 2.27. The second kappa shape index (κ2) is 5.11. The minimum atomic E-state index is -4.20. The second-order valence-electron chi connectivity index (χ2n) is 3.58. The molecule has 5 N–H and O–H groups in total. The molecule has 0 saturated carbocycles. The molecule has 18 heavy (non-hydrogen) atoms. The van der Waals surface area contributed by atoms with Crippen LogP contribution in [0.25, 0.3) is 0 Å². The van der Waals surface area contributed by atoms with E-state index in [0.717, 1.165) is 0 Å². The maximum absolute atomic E-state index is 12.7. The summed E-state index contributed by atoms with van der Waals surface area (Å²) in [4.78, 5) is 11.0. The smallest absolute Gasteiger partial charge is 0.324 e. The predicted octanol–water partition coefficient (Wildman–Crippen LogP) is 1.68. The molecule has 8 heteroatoms. The largest absolute Gasteiger partial charge is 0.399 e. The van der Waals surface area contributed by atoms with Crippen LogP contribution in [0.3, 0.4) is 0 Å². The first-order valence-corrected chi connectivity index (χ1v) is 4.83. The van der Waals surface area contributed by atoms with Gasteiger partial charge in [-0.25, -0.2) is 8.78 Å². The molecule has 4 nitrogen and oxygen atoms in total. The lowest BCUT2D eigenvalue weighted by Gasteiger charge is -2.17. The minimum Gasteiger partial charge on any atom is -0.399 e. The van der Waals surface area contributed by atoms with Gasteiger partial charge in [-0.2, -0.15) is 8.78 Å². The zero-order valence-corrected chi connectivity index (χ0v) is 9.09. The fraction of sp³-hybridized carbons (Fsp3) is 0.300. The lowest BCUT2D eigenvalue weighted by molar-refractivity contribution is -0.117. The number of hydrogen-bond acceptors (Lipinski definition) is 3. The van der Waals surface area contributed by atoms with E-state index < -0.39 is 24.8 Å². The number of primary amides is 1. The summed E-state index contributed by atoms with van der Waals surface area (Å²) in [5.41, 5.74) is 10.4. The van der Waals surface area contributed by atoms with Gasteiger partial charge in [0.25, 0.3) is 5.91 Å². The number of alkyl halides is 4. The van der Waals surface area contributed by atoms with Crippen molar-refractivity contribution in [1.29, 1.82) is 0 Å². The molecule has 0 aliphatic heterocycles. The Balaban J connectivity index is 2.89. The monoisotopic (exact) mass is 265 g/mol. The van der Waals surface area contributed by atoms with E-state index >= 15 is 0 Å². The molecule has 0 bridgehead atoms. The fourth-order valence-corrected chi connectivity index (χ4v) is 1.21. The van der Waals surface area contributed by atoms with Crippen LogP contribution >= 0.6 is 0 Å². The van der Waals surface area contributed by atoms with Crippen LogP contribution in [0.1, 0.15) is 10.4 Å². The molecule has 1 aromatic rings. The molecule has 0 fully saturated rings. The zero-order chi connectivity index (χ0) is 13.9. The number of carbonyl (C=O) groups is 1. The maximum Gasteiger partial charge on any atom is 0.324 e. The van der Waals surface area contributed by atoms with Crippen molar-refractivity contribution in [2.45, 2.75) is 12.3 Å². The molecule has 0 aliphatic carbocycles. The van der Waals surface area contributed by atoms with Crippen molar-refractivity contribution in [1.82, 2.24) is 0 Å². The van der Waals surface area contributed by atoms with Gasteiger partial charge in [-0.05, 0) is 18.2 Å². The van der Waals surface area contributed by atoms with E-state index in [-0.39, 0.29) is 16.9 Å². The van der Waals surface area contributed by atoms with Crippen molar-refractivity contribution >= 4 is 17.3 Å². The molecule has 1 rings (SSSR count). The molecule has 0 radical (unpaired) electrons. The van der Waals surface area contributed by atoms with E-state index in [1.165, 1.54) is 18.2 Å². The Bertz CT molecular complexity index is 451. The molecule has 0 unspecified atom stereocenters. The predicted molar refractivity (Wildman–Crippen MR) is 58.8 cm³/mol. The van der Waals surface area contributed by atoms with E-state index in [1.807, 2.05) is 0 Å². The summed E-state index contributed by atoms with van der Waals surface area (Å²) >= 11 is 0. The van der Waals surface area contributed by atoms with Crippen LogP contribution in [-0.2, 0) is 0 Å². The molecule has 0 saturated heterocycles. The van der Waals surface area contributed by atoms with Gasteiger partial charge in [0.2, 0.25) is 0 Å². The number of halogens is 4. The molecule has 0 spiro atoms. The molecule has 0 atom stereocenters. The highest BCUT2D eigenvalue weighted by molar-refractivity contribution is 5.99. The van der Waals surface area contributed by atoms with E-state index in [9.17, 15) is 22.4 Å². The molecule has 1 aromatic carbocycles. The standard InChI is InChI=1S/C10H11F4N3O/c11-9(12)10(13,14)4-17-7-2-1-5(15)3-6(7)8(16)18/h1-3,9,17H,4,15H2,(H2,16,18). The molecule has 0 aliphatic rings. The Labute approximate surface area is 99.9 Å². The average molecular weight is 265 g/mol. The highest BCUT2D eigenvalue weighted by Gasteiger charge is 2.40. The van der Waals surface area contributed by atoms with Crippen LogP contribution in [-0.4, -0.2) is 24.8 Å². The van der Waals surface area contributed by atoms with E-state index in [4.69, 9.17) is 11.5 Å². The zero-order valence-electron chi connectivity index (χ0n) is 9.09. The number of hydrogen-bond donors (Lipinski definition) is 3. The highest BCUT2D eigenvalue weighted by atomic mass is 19.3. The second-order valence-corrected chi connectivity index (χ2v) is 3.58. The van der Waals surface area contributed by atoms with Gasteiger partial charge >= 0.3 is 12.3 Å². The summed E-state index contributed by atoms with van der Waals surface area (Å²) in [6.45, 7) is -1.31. The van der Waals surface area contributed by atoms with Crippen molar-refractivity contribution in [3.63, 3.8) is 0 Å². The lowest BCUT2D eigenvalue weighted by atomic mass is 10.1. The maximum atomic E-state index is 12.7. The van der Waals surface area contributed by atoms with Crippen molar-refractivity contribution in [3.8, 4) is 0 Å². The van der Waals surface area contributed by atoms with Gasteiger partial charge in [-0.3, -0.25) is 4.79 Å². The van der Waals surface area contributed by atoms with Crippen LogP contribution in [0, 0.1) is 0 Å². The number of anilines is 2. The normalized spacial score (nSPS) is 11.6. The van der Waals surface area contributed by atoms with E-state index in [2.05, 4.69) is 5.32 Å². The first-order chi connectivity index (χ1) is 8.24.